The first kappa shape index (κ1) is 9.24. The Morgan fingerprint density at radius 2 is 2.25 bits per heavy atom. The van der Waals surface area contributed by atoms with Crippen LogP contribution in [0.2, 0.25) is 0 Å². The Kier molecular flexibility index (Phi) is 2.85. The zero-order chi connectivity index (χ0) is 9.14. The second-order valence-corrected chi connectivity index (χ2v) is 2.46. The van der Waals surface area contributed by atoms with Crippen LogP contribution in [-0.2, 0) is 0 Å². The predicted molar refractivity (Wildman–Crippen MR) is 48.0 cm³/mol. The Hall–Kier alpha value is -0.850. The molecule has 1 N–H and O–H groups in total. The maximum Gasteiger partial charge on any atom is 0.339 e. The van der Waals surface area contributed by atoms with Crippen LogP contribution in [-0.4, -0.2) is 11.1 Å². The summed E-state index contributed by atoms with van der Waals surface area (Å²) in [7, 11) is 0. The lowest BCUT2D eigenvalue weighted by Crippen LogP contribution is -1.98. The molecule has 5 heteroatoms. The van der Waals surface area contributed by atoms with Crippen molar-refractivity contribution < 1.29 is 17.4 Å². The lowest BCUT2D eigenvalue weighted by Gasteiger charge is -2.01. The van der Waals surface area contributed by atoms with E-state index in [9.17, 15) is 9.18 Å². The van der Waals surface area contributed by atoms with Crippen LogP contribution in [0.25, 0.3) is 0 Å². The summed E-state index contributed by atoms with van der Waals surface area (Å²) < 4.78 is 17.2. The molecule has 0 aliphatic rings. The molecule has 0 aromatic heterocycles. The van der Waals surface area contributed by atoms with Gasteiger partial charge in [-0.1, -0.05) is 0 Å². The van der Waals surface area contributed by atoms with E-state index in [1.807, 2.05) is 0 Å². The number of rotatable bonds is 2. The summed E-state index contributed by atoms with van der Waals surface area (Å²) in [5.74, 6) is -1.66. The Balaban J connectivity index is 3.21. The average molecular weight is 282 g/mol. The van der Waals surface area contributed by atoms with Crippen molar-refractivity contribution in [3.63, 3.8) is 0 Å². The molecule has 0 fully saturated rings. The van der Waals surface area contributed by atoms with Crippen molar-refractivity contribution in [1.82, 2.24) is 0 Å². The maximum atomic E-state index is 12.5. The zero-order valence-electron chi connectivity index (χ0n) is 5.75. The van der Waals surface area contributed by atoms with E-state index in [1.54, 1.807) is 0 Å². The summed E-state index contributed by atoms with van der Waals surface area (Å²) >= 11 is 1.54. The predicted octanol–water partition coefficient (Wildman–Crippen LogP) is 2.25. The highest BCUT2D eigenvalue weighted by Gasteiger charge is 2.11. The van der Waals surface area contributed by atoms with Gasteiger partial charge in [0, 0.05) is 0 Å². The van der Waals surface area contributed by atoms with Crippen LogP contribution >= 0.6 is 23.0 Å². The van der Waals surface area contributed by atoms with Gasteiger partial charge in [-0.2, -0.15) is 0 Å². The lowest BCUT2D eigenvalue weighted by molar-refractivity contribution is 0.0695. The smallest absolute Gasteiger partial charge is 0.339 e. The number of halogens is 2. The zero-order valence-corrected chi connectivity index (χ0v) is 7.91. The van der Waals surface area contributed by atoms with Crippen molar-refractivity contribution in [2.24, 2.45) is 0 Å². The van der Waals surface area contributed by atoms with Crippen LogP contribution in [0.3, 0.4) is 0 Å². The van der Waals surface area contributed by atoms with Crippen molar-refractivity contribution in [2.45, 2.75) is 0 Å². The largest absolute Gasteiger partial charge is 0.478 e. The van der Waals surface area contributed by atoms with E-state index >= 15 is 0 Å². The number of carbonyl (C=O) groups is 1. The fraction of sp³-hybridized carbons (Fsp3) is 0. The van der Waals surface area contributed by atoms with Crippen LogP contribution in [0, 0.1) is 5.82 Å². The number of hydrogen-bond donors (Lipinski definition) is 1. The molecule has 0 unspecified atom stereocenters. The fourth-order valence-electron chi connectivity index (χ4n) is 0.737. The normalized spacial score (nSPS) is 9.50. The molecule has 0 atom stereocenters. The van der Waals surface area contributed by atoms with Gasteiger partial charge >= 0.3 is 5.97 Å². The minimum atomic E-state index is -1.21. The minimum Gasteiger partial charge on any atom is -0.478 e. The van der Waals surface area contributed by atoms with Crippen LogP contribution in [0.4, 0.5) is 4.39 Å². The van der Waals surface area contributed by atoms with Gasteiger partial charge in [-0.05, 0) is 18.2 Å². The Labute approximate surface area is 81.8 Å². The monoisotopic (exact) mass is 282 g/mol. The van der Waals surface area contributed by atoms with E-state index in [4.69, 9.17) is 5.11 Å². The molecule has 0 bridgehead atoms. The van der Waals surface area contributed by atoms with E-state index in [0.717, 1.165) is 12.1 Å². The first-order valence-corrected chi connectivity index (χ1v) is 3.84. The van der Waals surface area contributed by atoms with Crippen molar-refractivity contribution >= 4 is 29.0 Å². The molecule has 12 heavy (non-hydrogen) atoms. The van der Waals surface area contributed by atoms with Crippen LogP contribution in [0.15, 0.2) is 18.2 Å². The van der Waals surface area contributed by atoms with Gasteiger partial charge in [0.1, 0.15) is 17.1 Å². The fourth-order valence-corrected chi connectivity index (χ4v) is 1.12. The van der Waals surface area contributed by atoms with Crippen LogP contribution in [0.5, 0.6) is 5.75 Å². The molecule has 1 aromatic carbocycles. The third kappa shape index (κ3) is 1.84. The first-order chi connectivity index (χ1) is 5.65. The minimum absolute atomic E-state index is 0.143. The van der Waals surface area contributed by atoms with Gasteiger partial charge in [0.2, 0.25) is 0 Å². The number of hydrogen-bond acceptors (Lipinski definition) is 2. The molecule has 64 valence electrons. The Morgan fingerprint density at radius 3 is 2.75 bits per heavy atom. The molecule has 3 nitrogen and oxygen atoms in total. The summed E-state index contributed by atoms with van der Waals surface area (Å²) in [6, 6.07) is 3.32. The van der Waals surface area contributed by atoms with Gasteiger partial charge in [0.05, 0.1) is 0 Å². The molecular formula is C7H4FIO3. The molecule has 0 radical (unpaired) electrons. The van der Waals surface area contributed by atoms with E-state index in [1.165, 1.54) is 29.1 Å². The second-order valence-electron chi connectivity index (χ2n) is 2.02. The third-order valence-corrected chi connectivity index (χ3v) is 1.73. The second kappa shape index (κ2) is 3.70. The summed E-state index contributed by atoms with van der Waals surface area (Å²) in [6.45, 7) is 0. The van der Waals surface area contributed by atoms with Crippen molar-refractivity contribution in [3.05, 3.63) is 29.6 Å². The third-order valence-electron chi connectivity index (χ3n) is 1.26. The summed E-state index contributed by atoms with van der Waals surface area (Å²) in [5.41, 5.74) is -0.176. The molecule has 0 aliphatic carbocycles. The molecule has 0 aliphatic heterocycles. The highest BCUT2D eigenvalue weighted by atomic mass is 127. The number of benzene rings is 1. The summed E-state index contributed by atoms with van der Waals surface area (Å²) in [6.07, 6.45) is 0. The quantitative estimate of drug-likeness (QED) is 0.846. The highest BCUT2D eigenvalue weighted by molar-refractivity contribution is 14.1. The lowest BCUT2D eigenvalue weighted by atomic mass is 10.2. The molecular weight excluding hydrogens is 278 g/mol. The topological polar surface area (TPSA) is 46.5 Å². The van der Waals surface area contributed by atoms with Crippen LogP contribution < -0.4 is 3.07 Å². The molecule has 0 saturated heterocycles. The average Bonchev–Trinajstić information content (AvgIpc) is 2.04. The molecule has 0 spiro atoms. The van der Waals surface area contributed by atoms with Gasteiger partial charge in [-0.3, -0.25) is 0 Å². The maximum absolute atomic E-state index is 12.5. The van der Waals surface area contributed by atoms with E-state index in [-0.39, 0.29) is 11.3 Å². The molecule has 0 amide bonds. The highest BCUT2D eigenvalue weighted by Crippen LogP contribution is 2.21. The standard InChI is InChI=1S/C7H4FIO3/c8-4-1-2-6(12-9)5(3-4)7(10)11/h1-3H,(H,10,11). The number of aromatic carboxylic acids is 1. The molecule has 1 aromatic rings. The van der Waals surface area contributed by atoms with E-state index in [2.05, 4.69) is 3.07 Å². The summed E-state index contributed by atoms with van der Waals surface area (Å²) in [4.78, 5) is 10.5. The van der Waals surface area contributed by atoms with Crippen molar-refractivity contribution in [1.29, 1.82) is 0 Å². The molecule has 1 rings (SSSR count). The van der Waals surface area contributed by atoms with Crippen molar-refractivity contribution in [3.8, 4) is 5.75 Å². The number of carboxylic acids is 1. The van der Waals surface area contributed by atoms with Gasteiger partial charge < -0.3 is 8.17 Å². The molecule has 0 heterocycles. The van der Waals surface area contributed by atoms with E-state index < -0.39 is 11.8 Å². The van der Waals surface area contributed by atoms with Gasteiger partial charge in [-0.25, -0.2) is 9.18 Å². The van der Waals surface area contributed by atoms with Crippen molar-refractivity contribution in [2.75, 3.05) is 0 Å². The Bertz CT molecular complexity index is 314. The number of carboxylic acid groups (broad SMARTS) is 1. The first-order valence-electron chi connectivity index (χ1n) is 2.96. The molecule has 0 saturated carbocycles. The summed E-state index contributed by atoms with van der Waals surface area (Å²) in [5, 5.41) is 8.57. The van der Waals surface area contributed by atoms with Crippen LogP contribution in [0.1, 0.15) is 10.4 Å². The van der Waals surface area contributed by atoms with Gasteiger partial charge in [0.15, 0.2) is 23.0 Å². The Morgan fingerprint density at radius 1 is 1.58 bits per heavy atom. The van der Waals surface area contributed by atoms with Gasteiger partial charge in [0.25, 0.3) is 0 Å². The SMILES string of the molecule is O=C(O)c1cc(F)ccc1OI. The van der Waals surface area contributed by atoms with Gasteiger partial charge in [-0.15, -0.1) is 0 Å². The van der Waals surface area contributed by atoms with E-state index in [0.29, 0.717) is 0 Å².